The number of carbonyl (C=O) groups is 1. The first-order valence-corrected chi connectivity index (χ1v) is 9.24. The zero-order valence-electron chi connectivity index (χ0n) is 14.1. The van der Waals surface area contributed by atoms with Crippen molar-refractivity contribution in [2.24, 2.45) is 0 Å². The molecule has 1 N–H and O–H groups in total. The quantitative estimate of drug-likeness (QED) is 0.566. The molecule has 27 heavy (non-hydrogen) atoms. The van der Waals surface area contributed by atoms with E-state index < -0.39 is 0 Å². The molecule has 0 aliphatic heterocycles. The van der Waals surface area contributed by atoms with E-state index in [1.54, 1.807) is 30.3 Å². The number of hydrogen-bond acceptors (Lipinski definition) is 5. The Morgan fingerprint density at radius 1 is 1.15 bits per heavy atom. The molecule has 2 aromatic carbocycles. The second-order valence-electron chi connectivity index (χ2n) is 5.82. The van der Waals surface area contributed by atoms with Gasteiger partial charge in [-0.25, -0.2) is 4.98 Å². The third-order valence-electron chi connectivity index (χ3n) is 4.00. The van der Waals surface area contributed by atoms with E-state index in [4.69, 9.17) is 11.6 Å². The van der Waals surface area contributed by atoms with Crippen LogP contribution in [0.15, 0.2) is 59.7 Å². The van der Waals surface area contributed by atoms with Crippen LogP contribution in [0, 0.1) is 6.92 Å². The van der Waals surface area contributed by atoms with Crippen LogP contribution >= 0.6 is 22.9 Å². The van der Waals surface area contributed by atoms with Crippen LogP contribution < -0.4 is 10.9 Å². The summed E-state index contributed by atoms with van der Waals surface area (Å²) in [7, 11) is 0. The molecule has 0 saturated heterocycles. The van der Waals surface area contributed by atoms with Gasteiger partial charge in [-0.3, -0.25) is 19.5 Å². The Balaban J connectivity index is 1.75. The molecule has 0 spiro atoms. The van der Waals surface area contributed by atoms with E-state index in [1.165, 1.54) is 10.9 Å². The lowest BCUT2D eigenvalue weighted by Crippen LogP contribution is -2.19. The Morgan fingerprint density at radius 3 is 2.67 bits per heavy atom. The molecule has 0 bridgehead atoms. The third kappa shape index (κ3) is 3.22. The number of hydrogen-bond donors (Lipinski definition) is 1. The summed E-state index contributed by atoms with van der Waals surface area (Å²) in [4.78, 5) is 33.7. The summed E-state index contributed by atoms with van der Waals surface area (Å²) in [5.74, 6) is -0.295. The minimum Gasteiger partial charge on any atom is -0.298 e. The van der Waals surface area contributed by atoms with E-state index in [1.807, 2.05) is 25.1 Å². The van der Waals surface area contributed by atoms with Gasteiger partial charge in [-0.05, 0) is 30.7 Å². The number of thiazole rings is 1. The van der Waals surface area contributed by atoms with E-state index in [-0.39, 0.29) is 17.1 Å². The number of rotatable bonds is 3. The predicted octanol–water partition coefficient (Wildman–Crippen LogP) is 4.06. The molecule has 4 rings (SSSR count). The maximum Gasteiger partial charge on any atom is 0.277 e. The Labute approximate surface area is 163 Å². The van der Waals surface area contributed by atoms with Crippen LogP contribution in [0.2, 0.25) is 5.02 Å². The van der Waals surface area contributed by atoms with Gasteiger partial charge in [0.25, 0.3) is 11.5 Å². The number of carbonyl (C=O) groups excluding carboxylic acids is 1. The molecule has 2 heterocycles. The predicted molar refractivity (Wildman–Crippen MR) is 107 cm³/mol. The number of aromatic nitrogens is 3. The number of para-hydroxylation sites is 1. The van der Waals surface area contributed by atoms with Crippen LogP contribution in [0.25, 0.3) is 16.0 Å². The molecule has 134 valence electrons. The molecular formula is C19H13ClN4O2S. The lowest BCUT2D eigenvalue weighted by Gasteiger charge is -2.10. The Morgan fingerprint density at radius 2 is 1.93 bits per heavy atom. The summed E-state index contributed by atoms with van der Waals surface area (Å²) in [6.45, 7) is 1.87. The molecule has 0 atom stereocenters. The fraction of sp³-hybridized carbons (Fsp3) is 0.0526. The van der Waals surface area contributed by atoms with E-state index in [0.29, 0.717) is 26.1 Å². The monoisotopic (exact) mass is 396 g/mol. The average molecular weight is 397 g/mol. The number of benzene rings is 2. The number of halogens is 1. The first-order chi connectivity index (χ1) is 13.0. The normalized spacial score (nSPS) is 10.9. The van der Waals surface area contributed by atoms with Crippen LogP contribution in [-0.2, 0) is 0 Å². The van der Waals surface area contributed by atoms with Crippen molar-refractivity contribution >= 4 is 44.3 Å². The number of nitrogens with zero attached hydrogens (tertiary/aromatic N) is 3. The van der Waals surface area contributed by atoms with Crippen molar-refractivity contribution in [2.75, 3.05) is 5.32 Å². The SMILES string of the molecule is Cc1cccc(Cl)c1-n1cnc2nc(NC(=O)c3ccccc3)sc2c1=O. The number of nitrogens with one attached hydrogen (secondary N) is 1. The minimum absolute atomic E-state index is 0.283. The first-order valence-electron chi connectivity index (χ1n) is 8.04. The Kier molecular flexibility index (Phi) is 4.47. The third-order valence-corrected chi connectivity index (χ3v) is 5.26. The van der Waals surface area contributed by atoms with Crippen molar-refractivity contribution in [1.82, 2.24) is 14.5 Å². The highest BCUT2D eigenvalue weighted by Gasteiger charge is 2.16. The average Bonchev–Trinajstić information content (AvgIpc) is 3.07. The van der Waals surface area contributed by atoms with E-state index in [9.17, 15) is 9.59 Å². The van der Waals surface area contributed by atoms with Gasteiger partial charge >= 0.3 is 0 Å². The van der Waals surface area contributed by atoms with E-state index >= 15 is 0 Å². The Bertz CT molecular complexity index is 1200. The fourth-order valence-corrected chi connectivity index (χ4v) is 3.87. The van der Waals surface area contributed by atoms with E-state index in [2.05, 4.69) is 15.3 Å². The number of amides is 1. The maximum atomic E-state index is 12.9. The molecular weight excluding hydrogens is 384 g/mol. The lowest BCUT2D eigenvalue weighted by molar-refractivity contribution is 0.102. The van der Waals surface area contributed by atoms with Crippen molar-refractivity contribution in [2.45, 2.75) is 6.92 Å². The van der Waals surface area contributed by atoms with Crippen molar-refractivity contribution in [1.29, 1.82) is 0 Å². The largest absolute Gasteiger partial charge is 0.298 e. The summed E-state index contributed by atoms with van der Waals surface area (Å²) in [5.41, 5.74) is 1.95. The maximum absolute atomic E-state index is 12.9. The lowest BCUT2D eigenvalue weighted by atomic mass is 10.2. The van der Waals surface area contributed by atoms with Gasteiger partial charge in [0.15, 0.2) is 10.8 Å². The topological polar surface area (TPSA) is 76.9 Å². The number of anilines is 1. The molecule has 2 aromatic heterocycles. The molecule has 0 unspecified atom stereocenters. The van der Waals surface area contributed by atoms with Gasteiger partial charge in [-0.2, -0.15) is 4.98 Å². The molecule has 0 aliphatic rings. The van der Waals surface area contributed by atoms with Crippen LogP contribution in [0.5, 0.6) is 0 Å². The molecule has 4 aromatic rings. The zero-order valence-corrected chi connectivity index (χ0v) is 15.7. The van der Waals surface area contributed by atoms with Gasteiger partial charge in [-0.15, -0.1) is 0 Å². The highest BCUT2D eigenvalue weighted by molar-refractivity contribution is 7.22. The smallest absolute Gasteiger partial charge is 0.277 e. The molecule has 0 saturated carbocycles. The molecule has 0 radical (unpaired) electrons. The summed E-state index contributed by atoms with van der Waals surface area (Å²) in [5, 5.41) is 3.49. The van der Waals surface area contributed by atoms with Crippen molar-refractivity contribution in [3.63, 3.8) is 0 Å². The molecule has 6 nitrogen and oxygen atoms in total. The summed E-state index contributed by atoms with van der Waals surface area (Å²) in [6.07, 6.45) is 1.40. The zero-order chi connectivity index (χ0) is 19.0. The number of fused-ring (bicyclic) bond motifs is 1. The van der Waals surface area contributed by atoms with Gasteiger partial charge < -0.3 is 0 Å². The highest BCUT2D eigenvalue weighted by Crippen LogP contribution is 2.25. The van der Waals surface area contributed by atoms with Gasteiger partial charge in [0.1, 0.15) is 11.0 Å². The summed E-state index contributed by atoms with van der Waals surface area (Å²) >= 11 is 7.36. The van der Waals surface area contributed by atoms with E-state index in [0.717, 1.165) is 16.9 Å². The first kappa shape index (κ1) is 17.4. The van der Waals surface area contributed by atoms with Gasteiger partial charge in [-0.1, -0.05) is 53.3 Å². The molecule has 8 heteroatoms. The molecule has 1 amide bonds. The van der Waals surface area contributed by atoms with Crippen molar-refractivity contribution in [3.8, 4) is 5.69 Å². The second-order valence-corrected chi connectivity index (χ2v) is 7.22. The minimum atomic E-state index is -0.295. The molecule has 0 aliphatic carbocycles. The van der Waals surface area contributed by atoms with Crippen LogP contribution in [0.4, 0.5) is 5.13 Å². The van der Waals surface area contributed by atoms with Gasteiger partial charge in [0.05, 0.1) is 10.7 Å². The van der Waals surface area contributed by atoms with Gasteiger partial charge in [0.2, 0.25) is 0 Å². The standard InChI is InChI=1S/C19H13ClN4O2S/c1-11-6-5-9-13(20)14(11)24-10-21-16-15(18(24)26)27-19(22-16)23-17(25)12-7-3-2-4-8-12/h2-10H,1H3,(H,22,23,25). The Hall–Kier alpha value is -3.03. The number of aryl methyl sites for hydroxylation is 1. The summed E-state index contributed by atoms with van der Waals surface area (Å²) in [6, 6.07) is 14.2. The fourth-order valence-electron chi connectivity index (χ4n) is 2.71. The highest BCUT2D eigenvalue weighted by atomic mass is 35.5. The molecule has 0 fully saturated rings. The van der Waals surface area contributed by atoms with Crippen LogP contribution in [0.3, 0.4) is 0 Å². The van der Waals surface area contributed by atoms with Crippen molar-refractivity contribution in [3.05, 3.63) is 81.4 Å². The second kappa shape index (κ2) is 6.94. The van der Waals surface area contributed by atoms with Crippen LogP contribution in [-0.4, -0.2) is 20.4 Å². The van der Waals surface area contributed by atoms with Crippen LogP contribution in [0.1, 0.15) is 15.9 Å². The summed E-state index contributed by atoms with van der Waals surface area (Å²) < 4.78 is 1.75. The van der Waals surface area contributed by atoms with Crippen molar-refractivity contribution < 1.29 is 4.79 Å². The van der Waals surface area contributed by atoms with Gasteiger partial charge in [0, 0.05) is 5.56 Å².